The Morgan fingerprint density at radius 2 is 1.86 bits per heavy atom. The van der Waals surface area contributed by atoms with Crippen LogP contribution in [0, 0.1) is 11.8 Å². The van der Waals surface area contributed by atoms with Crippen molar-refractivity contribution >= 4 is 17.8 Å². The number of amides is 2. The summed E-state index contributed by atoms with van der Waals surface area (Å²) in [5.74, 6) is -0.729. The molecule has 0 aliphatic heterocycles. The van der Waals surface area contributed by atoms with Gasteiger partial charge in [0.05, 0.1) is 13.0 Å². The van der Waals surface area contributed by atoms with Gasteiger partial charge in [0.25, 0.3) is 11.8 Å². The van der Waals surface area contributed by atoms with Gasteiger partial charge in [-0.1, -0.05) is 6.92 Å². The molecule has 1 aliphatic rings. The molecule has 2 rings (SSSR count). The molecule has 1 aliphatic carbocycles. The Morgan fingerprint density at radius 3 is 2.38 bits per heavy atom. The van der Waals surface area contributed by atoms with Gasteiger partial charge >= 0.3 is 5.97 Å². The van der Waals surface area contributed by atoms with Gasteiger partial charge in [-0.2, -0.15) is 0 Å². The second kappa shape index (κ2) is 6.39. The number of rotatable bonds is 5. The zero-order valence-corrected chi connectivity index (χ0v) is 11.9. The fourth-order valence-corrected chi connectivity index (χ4v) is 1.87. The lowest BCUT2D eigenvalue weighted by molar-refractivity contribution is -0.149. The normalized spacial score (nSPS) is 19.5. The number of ether oxygens (including phenoxy) is 2. The molecule has 0 spiro atoms. The van der Waals surface area contributed by atoms with Crippen LogP contribution in [0.1, 0.15) is 23.7 Å². The summed E-state index contributed by atoms with van der Waals surface area (Å²) >= 11 is 0. The average molecular weight is 291 g/mol. The molecule has 1 saturated carbocycles. The van der Waals surface area contributed by atoms with Gasteiger partial charge in [-0.05, 0) is 36.6 Å². The zero-order valence-electron chi connectivity index (χ0n) is 11.9. The Labute approximate surface area is 122 Å². The molecular weight excluding hydrogens is 274 g/mol. The summed E-state index contributed by atoms with van der Waals surface area (Å²) in [6.07, 6.45) is 0.797. The molecule has 1 N–H and O–H groups in total. The van der Waals surface area contributed by atoms with Crippen molar-refractivity contribution in [2.24, 2.45) is 11.8 Å². The highest BCUT2D eigenvalue weighted by molar-refractivity contribution is 6.05. The van der Waals surface area contributed by atoms with E-state index >= 15 is 0 Å². The predicted molar refractivity (Wildman–Crippen MR) is 73.7 cm³/mol. The summed E-state index contributed by atoms with van der Waals surface area (Å²) in [5.41, 5.74) is 0.325. The van der Waals surface area contributed by atoms with Crippen molar-refractivity contribution in [2.45, 2.75) is 13.3 Å². The molecule has 1 fully saturated rings. The first-order chi connectivity index (χ1) is 10.0. The van der Waals surface area contributed by atoms with Gasteiger partial charge in [0.1, 0.15) is 5.75 Å². The molecule has 0 radical (unpaired) electrons. The van der Waals surface area contributed by atoms with E-state index in [0.29, 0.717) is 17.2 Å². The highest BCUT2D eigenvalue weighted by Crippen LogP contribution is 2.38. The monoisotopic (exact) mass is 291 g/mol. The fraction of sp³-hybridized carbons (Fsp3) is 0.400. The lowest BCUT2D eigenvalue weighted by Gasteiger charge is -2.06. The van der Waals surface area contributed by atoms with E-state index in [-0.39, 0.29) is 11.9 Å². The average Bonchev–Trinajstić information content (AvgIpc) is 3.22. The molecule has 6 nitrogen and oxygen atoms in total. The number of methoxy groups -OCH3 is 1. The standard InChI is InChI=1S/C15H17NO5/c1-9-7-12(9)15(19)21-8-13(17)16-14(18)10-3-5-11(20-2)6-4-10/h3-6,9,12H,7-8H2,1-2H3,(H,16,17,18)/t9-,12-/m1/s1. The van der Waals surface area contributed by atoms with Crippen LogP contribution in [-0.4, -0.2) is 31.5 Å². The molecule has 1 aromatic carbocycles. The minimum absolute atomic E-state index is 0.102. The number of esters is 1. The minimum atomic E-state index is -0.641. The van der Waals surface area contributed by atoms with Crippen molar-refractivity contribution in [2.75, 3.05) is 13.7 Å². The highest BCUT2D eigenvalue weighted by Gasteiger charge is 2.40. The summed E-state index contributed by atoms with van der Waals surface area (Å²) in [6.45, 7) is 1.50. The van der Waals surface area contributed by atoms with Crippen LogP contribution in [-0.2, 0) is 14.3 Å². The molecule has 6 heteroatoms. The van der Waals surface area contributed by atoms with Crippen LogP contribution in [0.15, 0.2) is 24.3 Å². The molecule has 112 valence electrons. The fourth-order valence-electron chi connectivity index (χ4n) is 1.87. The summed E-state index contributed by atoms with van der Waals surface area (Å²) in [7, 11) is 1.52. The van der Waals surface area contributed by atoms with E-state index in [4.69, 9.17) is 9.47 Å². The largest absolute Gasteiger partial charge is 0.497 e. The second-order valence-electron chi connectivity index (χ2n) is 5.03. The van der Waals surface area contributed by atoms with Gasteiger partial charge in [0, 0.05) is 5.56 Å². The lowest BCUT2D eigenvalue weighted by Crippen LogP contribution is -2.34. The lowest BCUT2D eigenvalue weighted by atomic mass is 10.2. The SMILES string of the molecule is COc1ccc(C(=O)NC(=O)COC(=O)[C@@H]2C[C@H]2C)cc1. The number of carbonyl (C=O) groups is 3. The Morgan fingerprint density at radius 1 is 1.24 bits per heavy atom. The molecule has 2 amide bonds. The quantitative estimate of drug-likeness (QED) is 0.823. The van der Waals surface area contributed by atoms with Gasteiger partial charge in [-0.3, -0.25) is 19.7 Å². The van der Waals surface area contributed by atoms with Crippen molar-refractivity contribution in [3.63, 3.8) is 0 Å². The summed E-state index contributed by atoms with van der Waals surface area (Å²) in [6, 6.07) is 6.32. The first-order valence-corrected chi connectivity index (χ1v) is 6.66. The van der Waals surface area contributed by atoms with Crippen LogP contribution in [0.4, 0.5) is 0 Å². The van der Waals surface area contributed by atoms with Crippen LogP contribution in [0.2, 0.25) is 0 Å². The number of carbonyl (C=O) groups excluding carboxylic acids is 3. The van der Waals surface area contributed by atoms with Gasteiger partial charge in [0.2, 0.25) is 0 Å². The van der Waals surface area contributed by atoms with E-state index in [9.17, 15) is 14.4 Å². The van der Waals surface area contributed by atoms with E-state index in [1.807, 2.05) is 6.92 Å². The van der Waals surface area contributed by atoms with Crippen LogP contribution in [0.5, 0.6) is 5.75 Å². The number of hydrogen-bond donors (Lipinski definition) is 1. The predicted octanol–water partition coefficient (Wildman–Crippen LogP) is 1.15. The van der Waals surface area contributed by atoms with Crippen LogP contribution in [0.25, 0.3) is 0 Å². The van der Waals surface area contributed by atoms with Crippen LogP contribution >= 0.6 is 0 Å². The Balaban J connectivity index is 1.78. The first kappa shape index (κ1) is 15.0. The van der Waals surface area contributed by atoms with Crippen molar-refractivity contribution in [1.29, 1.82) is 0 Å². The maximum absolute atomic E-state index is 11.8. The summed E-state index contributed by atoms with van der Waals surface area (Å²) < 4.78 is 9.82. The Hall–Kier alpha value is -2.37. The third-order valence-electron chi connectivity index (χ3n) is 3.36. The van der Waals surface area contributed by atoms with Gasteiger partial charge in [-0.15, -0.1) is 0 Å². The third-order valence-corrected chi connectivity index (χ3v) is 3.36. The number of hydrogen-bond acceptors (Lipinski definition) is 5. The van der Waals surface area contributed by atoms with Crippen LogP contribution in [0.3, 0.4) is 0 Å². The van der Waals surface area contributed by atoms with Crippen molar-refractivity contribution in [1.82, 2.24) is 5.32 Å². The number of nitrogens with one attached hydrogen (secondary N) is 1. The van der Waals surface area contributed by atoms with E-state index < -0.39 is 18.4 Å². The van der Waals surface area contributed by atoms with E-state index in [1.165, 1.54) is 7.11 Å². The van der Waals surface area contributed by atoms with Crippen molar-refractivity contribution < 1.29 is 23.9 Å². The Bertz CT molecular complexity index is 552. The highest BCUT2D eigenvalue weighted by atomic mass is 16.5. The third kappa shape index (κ3) is 4.05. The molecule has 1 aromatic rings. The second-order valence-corrected chi connectivity index (χ2v) is 5.03. The van der Waals surface area contributed by atoms with Gasteiger partial charge in [-0.25, -0.2) is 0 Å². The van der Waals surface area contributed by atoms with Gasteiger partial charge in [0.15, 0.2) is 6.61 Å². The molecule has 0 unspecified atom stereocenters. The summed E-state index contributed by atoms with van der Waals surface area (Å²) in [5, 5.41) is 2.16. The summed E-state index contributed by atoms with van der Waals surface area (Å²) in [4.78, 5) is 34.8. The molecule has 0 saturated heterocycles. The minimum Gasteiger partial charge on any atom is -0.497 e. The van der Waals surface area contributed by atoms with E-state index in [2.05, 4.69) is 5.32 Å². The molecule has 21 heavy (non-hydrogen) atoms. The molecule has 0 aromatic heterocycles. The maximum atomic E-state index is 11.8. The molecule has 0 bridgehead atoms. The van der Waals surface area contributed by atoms with E-state index in [1.54, 1.807) is 24.3 Å². The zero-order chi connectivity index (χ0) is 15.4. The molecular formula is C15H17NO5. The van der Waals surface area contributed by atoms with Gasteiger partial charge < -0.3 is 9.47 Å². The number of imide groups is 1. The molecule has 2 atom stereocenters. The van der Waals surface area contributed by atoms with Crippen LogP contribution < -0.4 is 10.1 Å². The number of benzene rings is 1. The first-order valence-electron chi connectivity index (χ1n) is 6.66. The van der Waals surface area contributed by atoms with E-state index in [0.717, 1.165) is 6.42 Å². The molecule has 0 heterocycles. The van der Waals surface area contributed by atoms with Crippen molar-refractivity contribution in [3.8, 4) is 5.75 Å². The smallest absolute Gasteiger partial charge is 0.309 e. The van der Waals surface area contributed by atoms with Crippen molar-refractivity contribution in [3.05, 3.63) is 29.8 Å². The Kier molecular flexibility index (Phi) is 4.57. The maximum Gasteiger partial charge on any atom is 0.309 e. The topological polar surface area (TPSA) is 81.7 Å².